The number of ether oxygens (including phenoxy) is 1. The smallest absolute Gasteiger partial charge is 0.267 e. The molecule has 8 heteroatoms. The van der Waals surface area contributed by atoms with Crippen LogP contribution >= 0.6 is 0 Å². The van der Waals surface area contributed by atoms with E-state index in [0.717, 1.165) is 6.07 Å². The van der Waals surface area contributed by atoms with Crippen molar-refractivity contribution in [3.63, 3.8) is 0 Å². The van der Waals surface area contributed by atoms with E-state index in [4.69, 9.17) is 10.5 Å². The number of hydrogen-bond acceptors (Lipinski definition) is 5. The minimum Gasteiger partial charge on any atom is -0.494 e. The highest BCUT2D eigenvalue weighted by Crippen LogP contribution is 2.29. The van der Waals surface area contributed by atoms with Gasteiger partial charge in [-0.1, -0.05) is 24.0 Å². The number of methoxy groups -OCH3 is 1. The average Bonchev–Trinajstić information content (AvgIpc) is 2.94. The summed E-state index contributed by atoms with van der Waals surface area (Å²) in [4.78, 5) is 28.9. The maximum absolute atomic E-state index is 14.7. The summed E-state index contributed by atoms with van der Waals surface area (Å²) in [5.74, 6) is 3.17. The number of aromatic nitrogens is 1. The van der Waals surface area contributed by atoms with E-state index in [1.54, 1.807) is 25.2 Å². The van der Waals surface area contributed by atoms with Gasteiger partial charge in [-0.15, -0.1) is 0 Å². The molecule has 1 fully saturated rings. The van der Waals surface area contributed by atoms with Gasteiger partial charge in [0.25, 0.3) is 11.8 Å². The molecular weight excluding hydrogens is 365 g/mol. The molecule has 7 nitrogen and oxygen atoms in total. The third-order valence-corrected chi connectivity index (χ3v) is 4.46. The molecule has 1 saturated heterocycles. The summed E-state index contributed by atoms with van der Waals surface area (Å²) in [6.45, 7) is 0.416. The van der Waals surface area contributed by atoms with E-state index in [9.17, 15) is 19.1 Å². The maximum atomic E-state index is 14.7. The van der Waals surface area contributed by atoms with Crippen LogP contribution in [0.1, 0.15) is 22.5 Å². The number of carbonyl (C=O) groups excluding carboxylic acids is 2. The minimum atomic E-state index is -1.73. The predicted octanol–water partition coefficient (Wildman–Crippen LogP) is 0.940. The monoisotopic (exact) mass is 383 g/mol. The first-order chi connectivity index (χ1) is 13.2. The van der Waals surface area contributed by atoms with Gasteiger partial charge in [0.2, 0.25) is 5.60 Å². The van der Waals surface area contributed by atoms with Gasteiger partial charge in [0.15, 0.2) is 11.6 Å². The quantitative estimate of drug-likeness (QED) is 0.768. The fourth-order valence-corrected chi connectivity index (χ4v) is 2.86. The number of likely N-dealkylation sites (N-methyl/N-ethyl adjacent to an activating group) is 1. The number of rotatable bonds is 3. The summed E-state index contributed by atoms with van der Waals surface area (Å²) in [5, 5.41) is 10.4. The van der Waals surface area contributed by atoms with Crippen LogP contribution in [0.25, 0.3) is 11.3 Å². The average molecular weight is 383 g/mol. The zero-order valence-corrected chi connectivity index (χ0v) is 15.3. The Bertz CT molecular complexity index is 1030. The van der Waals surface area contributed by atoms with Crippen molar-refractivity contribution < 1.29 is 23.8 Å². The Labute approximate surface area is 160 Å². The molecule has 1 aliphatic rings. The molecule has 3 rings (SSSR count). The number of carbonyl (C=O) groups is 2. The molecule has 0 aliphatic carbocycles. The highest BCUT2D eigenvalue weighted by Gasteiger charge is 2.42. The zero-order chi connectivity index (χ0) is 20.5. The van der Waals surface area contributed by atoms with Gasteiger partial charge in [-0.3, -0.25) is 9.59 Å². The van der Waals surface area contributed by atoms with Gasteiger partial charge in [0, 0.05) is 37.2 Å². The molecule has 1 aromatic carbocycles. The van der Waals surface area contributed by atoms with Crippen LogP contribution in [0.3, 0.4) is 0 Å². The van der Waals surface area contributed by atoms with Crippen molar-refractivity contribution >= 4 is 11.8 Å². The summed E-state index contributed by atoms with van der Waals surface area (Å²) < 4.78 is 19.6. The molecule has 2 heterocycles. The number of nitrogens with two attached hydrogens (primary N) is 1. The van der Waals surface area contributed by atoms with Crippen molar-refractivity contribution in [2.45, 2.75) is 12.0 Å². The fourth-order valence-electron chi connectivity index (χ4n) is 2.86. The third kappa shape index (κ3) is 3.52. The van der Waals surface area contributed by atoms with Crippen molar-refractivity contribution in [3.05, 3.63) is 47.4 Å². The molecular formula is C20H18FN3O4. The van der Waals surface area contributed by atoms with E-state index < -0.39 is 23.2 Å². The molecule has 2 amide bonds. The lowest BCUT2D eigenvalue weighted by Crippen LogP contribution is -2.37. The molecule has 28 heavy (non-hydrogen) atoms. The molecule has 0 saturated carbocycles. The first-order valence-electron chi connectivity index (χ1n) is 8.41. The van der Waals surface area contributed by atoms with Crippen molar-refractivity contribution in [1.29, 1.82) is 0 Å². The van der Waals surface area contributed by atoms with Crippen LogP contribution in [0.5, 0.6) is 5.75 Å². The molecule has 0 unspecified atom stereocenters. The van der Waals surface area contributed by atoms with Gasteiger partial charge in [-0.2, -0.15) is 0 Å². The Morgan fingerprint density at radius 2 is 2.18 bits per heavy atom. The van der Waals surface area contributed by atoms with E-state index in [0.29, 0.717) is 17.7 Å². The van der Waals surface area contributed by atoms with Crippen LogP contribution in [0.4, 0.5) is 4.39 Å². The van der Waals surface area contributed by atoms with Gasteiger partial charge in [-0.05, 0) is 12.1 Å². The molecule has 2 aromatic rings. The van der Waals surface area contributed by atoms with Crippen molar-refractivity contribution in [2.24, 2.45) is 5.73 Å². The fraction of sp³-hybridized carbons (Fsp3) is 0.250. The molecule has 3 N–H and O–H groups in total. The van der Waals surface area contributed by atoms with Crippen LogP contribution in [-0.4, -0.2) is 53.1 Å². The van der Waals surface area contributed by atoms with E-state index in [1.165, 1.54) is 18.1 Å². The second-order valence-corrected chi connectivity index (χ2v) is 6.40. The van der Waals surface area contributed by atoms with Crippen molar-refractivity contribution in [2.75, 3.05) is 20.7 Å². The van der Waals surface area contributed by atoms with E-state index >= 15 is 0 Å². The van der Waals surface area contributed by atoms with Crippen LogP contribution in [0, 0.1) is 17.7 Å². The second-order valence-electron chi connectivity index (χ2n) is 6.40. The van der Waals surface area contributed by atoms with Crippen LogP contribution in [-0.2, 0) is 4.79 Å². The summed E-state index contributed by atoms with van der Waals surface area (Å²) in [6.07, 6.45) is 0.211. The summed E-state index contributed by atoms with van der Waals surface area (Å²) in [5.41, 5.74) is 4.05. The molecule has 1 aromatic heterocycles. The van der Waals surface area contributed by atoms with Crippen LogP contribution < -0.4 is 10.5 Å². The van der Waals surface area contributed by atoms with Gasteiger partial charge in [-0.25, -0.2) is 9.37 Å². The number of nitrogens with zero attached hydrogens (tertiary/aromatic N) is 2. The Hall–Kier alpha value is -3.44. The first kappa shape index (κ1) is 19.3. The summed E-state index contributed by atoms with van der Waals surface area (Å²) in [7, 11) is 2.86. The van der Waals surface area contributed by atoms with E-state index in [2.05, 4.69) is 16.8 Å². The lowest BCUT2D eigenvalue weighted by atomic mass is 10.0. The highest BCUT2D eigenvalue weighted by molar-refractivity contribution is 5.92. The number of benzene rings is 1. The van der Waals surface area contributed by atoms with Gasteiger partial charge >= 0.3 is 0 Å². The van der Waals surface area contributed by atoms with Crippen molar-refractivity contribution in [1.82, 2.24) is 9.88 Å². The molecule has 144 valence electrons. The van der Waals surface area contributed by atoms with Crippen LogP contribution in [0.2, 0.25) is 0 Å². The number of likely N-dealkylation sites (tertiary alicyclic amines) is 1. The highest BCUT2D eigenvalue weighted by atomic mass is 19.1. The first-order valence-corrected chi connectivity index (χ1v) is 8.41. The summed E-state index contributed by atoms with van der Waals surface area (Å²) in [6, 6.07) is 7.52. The lowest BCUT2D eigenvalue weighted by molar-refractivity contribution is -0.137. The molecule has 0 radical (unpaired) electrons. The minimum absolute atomic E-state index is 0.118. The van der Waals surface area contributed by atoms with E-state index in [-0.39, 0.29) is 23.6 Å². The molecule has 0 spiro atoms. The van der Waals surface area contributed by atoms with Gasteiger partial charge in [0.05, 0.1) is 7.11 Å². The van der Waals surface area contributed by atoms with E-state index in [1.807, 2.05) is 0 Å². The summed E-state index contributed by atoms with van der Waals surface area (Å²) >= 11 is 0. The normalized spacial score (nSPS) is 18.6. The SMILES string of the molecule is COc1cc(C(N)=O)nc(-c2cccc(C#C[C@]3(O)CCN(C)C3=O)c2)c1F. The second kappa shape index (κ2) is 7.29. The number of primary amides is 1. The number of amides is 2. The van der Waals surface area contributed by atoms with Gasteiger partial charge in [0.1, 0.15) is 11.4 Å². The lowest BCUT2D eigenvalue weighted by Gasteiger charge is -2.13. The third-order valence-electron chi connectivity index (χ3n) is 4.46. The Morgan fingerprint density at radius 1 is 1.43 bits per heavy atom. The standard InChI is InChI=1S/C20H18FN3O4/c1-24-9-8-20(27,19(24)26)7-6-12-4-3-5-13(10-12)17-16(21)15(28-2)11-14(23-17)18(22)25/h3-5,10-11,27H,8-9H2,1-2H3,(H2,22,25)/t20-/m0/s1. The molecule has 1 aliphatic heterocycles. The topological polar surface area (TPSA) is 106 Å². The number of halogens is 1. The predicted molar refractivity (Wildman–Crippen MR) is 98.8 cm³/mol. The van der Waals surface area contributed by atoms with Crippen LogP contribution in [0.15, 0.2) is 30.3 Å². The number of aliphatic hydroxyl groups is 1. The maximum Gasteiger partial charge on any atom is 0.267 e. The molecule has 1 atom stereocenters. The largest absolute Gasteiger partial charge is 0.494 e. The number of hydrogen-bond donors (Lipinski definition) is 2. The van der Waals surface area contributed by atoms with Crippen molar-refractivity contribution in [3.8, 4) is 28.8 Å². The van der Waals surface area contributed by atoms with Gasteiger partial charge < -0.3 is 20.5 Å². The molecule has 0 bridgehead atoms. The zero-order valence-electron chi connectivity index (χ0n) is 15.3. The Morgan fingerprint density at radius 3 is 2.79 bits per heavy atom. The number of pyridine rings is 1. The Kier molecular flexibility index (Phi) is 5.03. The Balaban J connectivity index is 2.02.